The molecule has 3 aromatic rings. The van der Waals surface area contributed by atoms with Crippen LogP contribution in [0.3, 0.4) is 0 Å². The number of aromatic nitrogens is 2. The molecule has 3 nitrogen and oxygen atoms in total. The molecule has 2 N–H and O–H groups in total. The van der Waals surface area contributed by atoms with Gasteiger partial charge in [-0.05, 0) is 25.0 Å². The molecule has 0 amide bonds. The highest BCUT2D eigenvalue weighted by Gasteiger charge is 2.17. The number of nitrogens with two attached hydrogens (primary N) is 1. The smallest absolute Gasteiger partial charge is 0.194 e. The van der Waals surface area contributed by atoms with Crippen LogP contribution in [-0.2, 0) is 6.42 Å². The molecule has 0 saturated heterocycles. The van der Waals surface area contributed by atoms with Crippen LogP contribution in [0.5, 0.6) is 0 Å². The number of nitrogens with zero attached hydrogens (tertiary/aromatic N) is 2. The second-order valence-electron chi connectivity index (χ2n) is 5.16. The first-order valence-electron chi connectivity index (χ1n) is 7.12. The van der Waals surface area contributed by atoms with E-state index < -0.39 is 0 Å². The van der Waals surface area contributed by atoms with E-state index in [0.29, 0.717) is 0 Å². The lowest BCUT2D eigenvalue weighted by atomic mass is 10.1. The summed E-state index contributed by atoms with van der Waals surface area (Å²) in [6.07, 6.45) is 3.93. The molecule has 0 spiro atoms. The molecule has 2 heterocycles. The number of aryl methyl sites for hydroxylation is 1. The summed E-state index contributed by atoms with van der Waals surface area (Å²) < 4.78 is 2.18. The Labute approximate surface area is 133 Å². The van der Waals surface area contributed by atoms with Crippen molar-refractivity contribution in [3.63, 3.8) is 0 Å². The van der Waals surface area contributed by atoms with Crippen LogP contribution in [0.2, 0.25) is 0 Å². The molecule has 5 heteroatoms. The van der Waals surface area contributed by atoms with E-state index in [2.05, 4.69) is 54.1 Å². The third kappa shape index (κ3) is 3.00. The zero-order chi connectivity index (χ0) is 14.8. The molecule has 0 radical (unpaired) electrons. The molecule has 2 aromatic heterocycles. The molecule has 0 bridgehead atoms. The Hall–Kier alpha value is -1.30. The predicted octanol–water partition coefficient (Wildman–Crippen LogP) is 4.14. The Balaban J connectivity index is 1.99. The van der Waals surface area contributed by atoms with Gasteiger partial charge in [0.15, 0.2) is 4.96 Å². The van der Waals surface area contributed by atoms with E-state index in [1.54, 1.807) is 23.1 Å². The van der Waals surface area contributed by atoms with Gasteiger partial charge in [-0.1, -0.05) is 36.9 Å². The van der Waals surface area contributed by atoms with Gasteiger partial charge in [-0.3, -0.25) is 4.40 Å². The van der Waals surface area contributed by atoms with E-state index in [0.717, 1.165) is 22.8 Å². The number of imidazole rings is 1. The Morgan fingerprint density at radius 2 is 2.19 bits per heavy atom. The monoisotopic (exact) mass is 317 g/mol. The van der Waals surface area contributed by atoms with E-state index in [-0.39, 0.29) is 6.04 Å². The van der Waals surface area contributed by atoms with Gasteiger partial charge >= 0.3 is 0 Å². The number of benzene rings is 1. The number of hydrogen-bond acceptors (Lipinski definition) is 4. The molecule has 0 aliphatic heterocycles. The SMILES string of the molecule is CCC(N)Cc1c(Sc2ccccc2C)nc2sccn12. The molecule has 0 aliphatic rings. The van der Waals surface area contributed by atoms with Gasteiger partial charge < -0.3 is 5.73 Å². The van der Waals surface area contributed by atoms with Gasteiger partial charge in [0, 0.05) is 28.9 Å². The van der Waals surface area contributed by atoms with E-state index >= 15 is 0 Å². The maximum atomic E-state index is 6.17. The minimum absolute atomic E-state index is 0.182. The lowest BCUT2D eigenvalue weighted by Crippen LogP contribution is -2.22. The zero-order valence-corrected chi connectivity index (χ0v) is 13.9. The highest BCUT2D eigenvalue weighted by Crippen LogP contribution is 2.34. The van der Waals surface area contributed by atoms with Crippen molar-refractivity contribution in [3.05, 3.63) is 47.1 Å². The lowest BCUT2D eigenvalue weighted by molar-refractivity contribution is 0.627. The number of thiazole rings is 1. The lowest BCUT2D eigenvalue weighted by Gasteiger charge is -2.10. The molecule has 110 valence electrons. The summed E-state index contributed by atoms with van der Waals surface area (Å²) in [6, 6.07) is 8.61. The average Bonchev–Trinajstić information content (AvgIpc) is 3.04. The predicted molar refractivity (Wildman–Crippen MR) is 90.3 cm³/mol. The van der Waals surface area contributed by atoms with E-state index in [1.165, 1.54) is 16.2 Å². The maximum Gasteiger partial charge on any atom is 0.194 e. The Bertz CT molecular complexity index is 745. The van der Waals surface area contributed by atoms with Gasteiger partial charge in [0.05, 0.1) is 5.69 Å². The molecule has 3 rings (SSSR count). The van der Waals surface area contributed by atoms with Crippen molar-refractivity contribution in [3.8, 4) is 0 Å². The third-order valence-electron chi connectivity index (χ3n) is 3.60. The van der Waals surface area contributed by atoms with E-state index in [1.807, 2.05) is 0 Å². The highest BCUT2D eigenvalue weighted by atomic mass is 32.2. The van der Waals surface area contributed by atoms with Crippen molar-refractivity contribution < 1.29 is 0 Å². The number of fused-ring (bicyclic) bond motifs is 1. The van der Waals surface area contributed by atoms with Crippen LogP contribution in [-0.4, -0.2) is 15.4 Å². The van der Waals surface area contributed by atoms with E-state index in [4.69, 9.17) is 10.7 Å². The molecule has 1 aromatic carbocycles. The Kier molecular flexibility index (Phi) is 4.33. The normalized spacial score (nSPS) is 12.9. The standard InChI is InChI=1S/C16H19N3S2/c1-3-12(17)10-13-15(18-16-19(13)8-9-20-16)21-14-7-5-4-6-11(14)2/h4-9,12H,3,10,17H2,1-2H3. The van der Waals surface area contributed by atoms with Crippen LogP contribution in [0.25, 0.3) is 4.96 Å². The van der Waals surface area contributed by atoms with Crippen molar-refractivity contribution in [2.45, 2.75) is 42.7 Å². The fraction of sp³-hybridized carbons (Fsp3) is 0.312. The maximum absolute atomic E-state index is 6.17. The summed E-state index contributed by atoms with van der Waals surface area (Å²) >= 11 is 3.41. The molecular weight excluding hydrogens is 298 g/mol. The van der Waals surface area contributed by atoms with E-state index in [9.17, 15) is 0 Å². The van der Waals surface area contributed by atoms with Crippen LogP contribution in [0, 0.1) is 6.92 Å². The van der Waals surface area contributed by atoms with Gasteiger partial charge in [-0.15, -0.1) is 11.3 Å². The van der Waals surface area contributed by atoms with Gasteiger partial charge in [0.25, 0.3) is 0 Å². The average molecular weight is 317 g/mol. The Morgan fingerprint density at radius 3 is 2.95 bits per heavy atom. The molecule has 0 saturated carbocycles. The summed E-state index contributed by atoms with van der Waals surface area (Å²) in [5.74, 6) is 0. The summed E-state index contributed by atoms with van der Waals surface area (Å²) in [7, 11) is 0. The van der Waals surface area contributed by atoms with Crippen LogP contribution in [0.4, 0.5) is 0 Å². The third-order valence-corrected chi connectivity index (χ3v) is 5.56. The zero-order valence-electron chi connectivity index (χ0n) is 12.2. The molecular formula is C16H19N3S2. The van der Waals surface area contributed by atoms with Crippen molar-refractivity contribution >= 4 is 28.1 Å². The van der Waals surface area contributed by atoms with Gasteiger partial charge in [0.2, 0.25) is 0 Å². The van der Waals surface area contributed by atoms with Crippen molar-refractivity contribution in [2.75, 3.05) is 0 Å². The fourth-order valence-electron chi connectivity index (χ4n) is 2.25. The summed E-state index contributed by atoms with van der Waals surface area (Å²) in [5.41, 5.74) is 8.68. The first kappa shape index (κ1) is 14.6. The summed E-state index contributed by atoms with van der Waals surface area (Å²) in [4.78, 5) is 7.09. The van der Waals surface area contributed by atoms with Crippen LogP contribution >= 0.6 is 23.1 Å². The summed E-state index contributed by atoms with van der Waals surface area (Å²) in [5, 5.41) is 3.16. The van der Waals surface area contributed by atoms with Crippen LogP contribution < -0.4 is 5.73 Å². The van der Waals surface area contributed by atoms with Gasteiger partial charge in [0.1, 0.15) is 5.03 Å². The fourth-order valence-corrected chi connectivity index (χ4v) is 4.05. The van der Waals surface area contributed by atoms with Gasteiger partial charge in [-0.2, -0.15) is 0 Å². The number of rotatable bonds is 5. The van der Waals surface area contributed by atoms with Gasteiger partial charge in [-0.25, -0.2) is 4.98 Å². The minimum Gasteiger partial charge on any atom is -0.327 e. The van der Waals surface area contributed by atoms with Crippen LogP contribution in [0.1, 0.15) is 24.6 Å². The molecule has 1 unspecified atom stereocenters. The molecule has 21 heavy (non-hydrogen) atoms. The first-order chi connectivity index (χ1) is 10.2. The van der Waals surface area contributed by atoms with Crippen molar-refractivity contribution in [2.24, 2.45) is 5.73 Å². The van der Waals surface area contributed by atoms with Crippen molar-refractivity contribution in [1.82, 2.24) is 9.38 Å². The number of hydrogen-bond donors (Lipinski definition) is 1. The highest BCUT2D eigenvalue weighted by molar-refractivity contribution is 7.99. The summed E-state index contributed by atoms with van der Waals surface area (Å²) in [6.45, 7) is 4.27. The molecule has 0 aliphatic carbocycles. The topological polar surface area (TPSA) is 43.3 Å². The quantitative estimate of drug-likeness (QED) is 0.769. The Morgan fingerprint density at radius 1 is 1.38 bits per heavy atom. The van der Waals surface area contributed by atoms with Crippen molar-refractivity contribution in [1.29, 1.82) is 0 Å². The second-order valence-corrected chi connectivity index (χ2v) is 7.06. The largest absolute Gasteiger partial charge is 0.327 e. The van der Waals surface area contributed by atoms with Crippen LogP contribution in [0.15, 0.2) is 45.8 Å². The molecule has 0 fully saturated rings. The molecule has 1 atom stereocenters. The second kappa shape index (κ2) is 6.22. The first-order valence-corrected chi connectivity index (χ1v) is 8.82. The minimum atomic E-state index is 0.182.